The maximum Gasteiger partial charge on any atom is 0.0551 e. The fourth-order valence-corrected chi connectivity index (χ4v) is 2.62. The van der Waals surface area contributed by atoms with Gasteiger partial charge in [0.05, 0.1) is 5.02 Å². The molecule has 0 saturated carbocycles. The van der Waals surface area contributed by atoms with Crippen LogP contribution in [0.4, 0.5) is 0 Å². The molecular formula is C13H18BrClN2. The molecule has 2 nitrogen and oxygen atoms in total. The first-order chi connectivity index (χ1) is 7.99. The lowest BCUT2D eigenvalue weighted by Crippen LogP contribution is -2.57. The lowest BCUT2D eigenvalue weighted by molar-refractivity contribution is 0.0827. The van der Waals surface area contributed by atoms with Crippen LogP contribution in [0, 0.1) is 0 Å². The summed E-state index contributed by atoms with van der Waals surface area (Å²) in [6.45, 7) is 8.70. The third-order valence-electron chi connectivity index (χ3n) is 3.33. The van der Waals surface area contributed by atoms with E-state index in [9.17, 15) is 0 Å². The molecule has 94 valence electrons. The highest BCUT2D eigenvalue weighted by atomic mass is 79.9. The van der Waals surface area contributed by atoms with E-state index in [1.54, 1.807) is 0 Å². The number of nitrogens with one attached hydrogen (secondary N) is 1. The summed E-state index contributed by atoms with van der Waals surface area (Å²) in [5.41, 5.74) is 1.48. The second-order valence-corrected chi connectivity index (χ2v) is 6.42. The molecule has 1 N–H and O–H groups in total. The Morgan fingerprint density at radius 1 is 1.47 bits per heavy atom. The van der Waals surface area contributed by atoms with Crippen molar-refractivity contribution in [3.63, 3.8) is 0 Å². The average Bonchev–Trinajstić information content (AvgIpc) is 2.26. The van der Waals surface area contributed by atoms with Gasteiger partial charge in [-0.05, 0) is 47.5 Å². The van der Waals surface area contributed by atoms with E-state index < -0.39 is 0 Å². The second-order valence-electron chi connectivity index (χ2n) is 5.16. The van der Waals surface area contributed by atoms with Gasteiger partial charge < -0.3 is 5.32 Å². The zero-order chi connectivity index (χ0) is 12.5. The van der Waals surface area contributed by atoms with Crippen LogP contribution in [-0.2, 0) is 6.54 Å². The van der Waals surface area contributed by atoms with Crippen molar-refractivity contribution in [3.8, 4) is 0 Å². The average molecular weight is 318 g/mol. The Bertz CT molecular complexity index is 406. The smallest absolute Gasteiger partial charge is 0.0551 e. The van der Waals surface area contributed by atoms with E-state index in [4.69, 9.17) is 11.6 Å². The van der Waals surface area contributed by atoms with Crippen molar-refractivity contribution >= 4 is 27.5 Å². The van der Waals surface area contributed by atoms with Crippen molar-refractivity contribution < 1.29 is 0 Å². The minimum Gasteiger partial charge on any atom is -0.314 e. The van der Waals surface area contributed by atoms with Crippen LogP contribution in [-0.4, -0.2) is 30.1 Å². The summed E-state index contributed by atoms with van der Waals surface area (Å²) < 4.78 is 0.961. The molecule has 0 bridgehead atoms. The van der Waals surface area contributed by atoms with Gasteiger partial charge in [-0.2, -0.15) is 0 Å². The van der Waals surface area contributed by atoms with Crippen LogP contribution in [0.15, 0.2) is 22.7 Å². The molecule has 1 fully saturated rings. The monoisotopic (exact) mass is 316 g/mol. The van der Waals surface area contributed by atoms with Crippen LogP contribution in [0.3, 0.4) is 0 Å². The van der Waals surface area contributed by atoms with E-state index in [0.717, 1.165) is 35.7 Å². The quantitative estimate of drug-likeness (QED) is 0.900. The number of nitrogens with zero attached hydrogens (tertiary/aromatic N) is 1. The SMILES string of the molecule is CC1(C)CNCCN1Cc1ccc(Br)c(Cl)c1. The predicted octanol–water partition coefficient (Wildman–Crippen LogP) is 3.29. The summed E-state index contributed by atoms with van der Waals surface area (Å²) >= 11 is 9.55. The van der Waals surface area contributed by atoms with E-state index in [1.807, 2.05) is 12.1 Å². The highest BCUT2D eigenvalue weighted by Crippen LogP contribution is 2.25. The molecule has 0 atom stereocenters. The van der Waals surface area contributed by atoms with Gasteiger partial charge in [0.25, 0.3) is 0 Å². The summed E-state index contributed by atoms with van der Waals surface area (Å²) in [6, 6.07) is 6.20. The highest BCUT2D eigenvalue weighted by Gasteiger charge is 2.29. The minimum atomic E-state index is 0.206. The Morgan fingerprint density at radius 2 is 2.24 bits per heavy atom. The number of rotatable bonds is 2. The molecule has 0 aliphatic carbocycles. The summed E-state index contributed by atoms with van der Waals surface area (Å²) in [6.07, 6.45) is 0. The first-order valence-corrected chi connectivity index (χ1v) is 7.06. The third-order valence-corrected chi connectivity index (χ3v) is 4.56. The number of piperazine rings is 1. The molecule has 1 aromatic carbocycles. The Hall–Kier alpha value is -0.0900. The Kier molecular flexibility index (Phi) is 4.14. The van der Waals surface area contributed by atoms with E-state index in [2.05, 4.69) is 46.1 Å². The molecule has 17 heavy (non-hydrogen) atoms. The van der Waals surface area contributed by atoms with Crippen molar-refractivity contribution in [2.24, 2.45) is 0 Å². The maximum atomic E-state index is 6.12. The maximum absolute atomic E-state index is 6.12. The number of hydrogen-bond donors (Lipinski definition) is 1. The molecule has 0 aromatic heterocycles. The van der Waals surface area contributed by atoms with Gasteiger partial charge in [0.2, 0.25) is 0 Å². The molecule has 0 spiro atoms. The summed E-state index contributed by atoms with van der Waals surface area (Å²) in [5, 5.41) is 4.22. The first-order valence-electron chi connectivity index (χ1n) is 5.89. The van der Waals surface area contributed by atoms with Crippen LogP contribution in [0.5, 0.6) is 0 Å². The van der Waals surface area contributed by atoms with Crippen molar-refractivity contribution in [3.05, 3.63) is 33.3 Å². The molecule has 1 aromatic rings. The lowest BCUT2D eigenvalue weighted by atomic mass is 9.99. The Morgan fingerprint density at radius 3 is 2.88 bits per heavy atom. The van der Waals surface area contributed by atoms with Crippen molar-refractivity contribution in [1.29, 1.82) is 0 Å². The van der Waals surface area contributed by atoms with Crippen molar-refractivity contribution in [2.75, 3.05) is 19.6 Å². The lowest BCUT2D eigenvalue weighted by Gasteiger charge is -2.43. The van der Waals surface area contributed by atoms with Crippen LogP contribution >= 0.6 is 27.5 Å². The van der Waals surface area contributed by atoms with Crippen LogP contribution < -0.4 is 5.32 Å². The fourth-order valence-electron chi connectivity index (χ4n) is 2.17. The Labute approximate surface area is 116 Å². The van der Waals surface area contributed by atoms with Crippen LogP contribution in [0.2, 0.25) is 5.02 Å². The summed E-state index contributed by atoms with van der Waals surface area (Å²) in [7, 11) is 0. The fraction of sp³-hybridized carbons (Fsp3) is 0.538. The van der Waals surface area contributed by atoms with Gasteiger partial charge in [0.1, 0.15) is 0 Å². The van der Waals surface area contributed by atoms with Gasteiger partial charge in [-0.15, -0.1) is 0 Å². The van der Waals surface area contributed by atoms with Gasteiger partial charge in [0, 0.05) is 36.2 Å². The van der Waals surface area contributed by atoms with Crippen LogP contribution in [0.1, 0.15) is 19.4 Å². The Balaban J connectivity index is 2.11. The molecule has 2 rings (SSSR count). The highest BCUT2D eigenvalue weighted by molar-refractivity contribution is 9.10. The van der Waals surface area contributed by atoms with Gasteiger partial charge in [0.15, 0.2) is 0 Å². The summed E-state index contributed by atoms with van der Waals surface area (Å²) in [4.78, 5) is 2.50. The number of halogens is 2. The molecule has 0 radical (unpaired) electrons. The molecule has 1 aliphatic rings. The van der Waals surface area contributed by atoms with E-state index in [-0.39, 0.29) is 5.54 Å². The second kappa shape index (κ2) is 5.27. The molecule has 0 unspecified atom stereocenters. The normalized spacial score (nSPS) is 20.5. The minimum absolute atomic E-state index is 0.206. The zero-order valence-corrected chi connectivity index (χ0v) is 12.6. The third kappa shape index (κ3) is 3.22. The van der Waals surface area contributed by atoms with Gasteiger partial charge in [-0.1, -0.05) is 17.7 Å². The number of hydrogen-bond acceptors (Lipinski definition) is 2. The predicted molar refractivity (Wildman–Crippen MR) is 76.5 cm³/mol. The van der Waals surface area contributed by atoms with Gasteiger partial charge in [-0.25, -0.2) is 0 Å². The van der Waals surface area contributed by atoms with Gasteiger partial charge >= 0.3 is 0 Å². The van der Waals surface area contributed by atoms with E-state index in [0.29, 0.717) is 0 Å². The summed E-state index contributed by atoms with van der Waals surface area (Å²) in [5.74, 6) is 0. The zero-order valence-electron chi connectivity index (χ0n) is 10.3. The van der Waals surface area contributed by atoms with E-state index in [1.165, 1.54) is 5.56 Å². The first kappa shape index (κ1) is 13.3. The topological polar surface area (TPSA) is 15.3 Å². The molecule has 1 heterocycles. The molecule has 0 amide bonds. The standard InChI is InChI=1S/C13H18BrClN2/c1-13(2)9-16-5-6-17(13)8-10-3-4-11(14)12(15)7-10/h3-4,7,16H,5-6,8-9H2,1-2H3. The molecule has 1 saturated heterocycles. The van der Waals surface area contributed by atoms with E-state index >= 15 is 0 Å². The largest absolute Gasteiger partial charge is 0.314 e. The van der Waals surface area contributed by atoms with Crippen molar-refractivity contribution in [1.82, 2.24) is 10.2 Å². The van der Waals surface area contributed by atoms with Crippen molar-refractivity contribution in [2.45, 2.75) is 25.9 Å². The number of benzene rings is 1. The molecule has 4 heteroatoms. The van der Waals surface area contributed by atoms with Crippen LogP contribution in [0.25, 0.3) is 0 Å². The van der Waals surface area contributed by atoms with Gasteiger partial charge in [-0.3, -0.25) is 4.90 Å². The molecular weight excluding hydrogens is 300 g/mol. The molecule has 1 aliphatic heterocycles.